The fourth-order valence-corrected chi connectivity index (χ4v) is 6.50. The van der Waals surface area contributed by atoms with Gasteiger partial charge in [-0.25, -0.2) is 0 Å². The monoisotopic (exact) mass is 873 g/mol. The number of rotatable bonds is 4. The second kappa shape index (κ2) is 14.9. The SMILES string of the molecule is [2H]C([2H])([2H])c1c[c-]c(-c2ccc(C([2H])([2H])[2H])cn2)cc1.[2H]C([2H])(c1ccc(-c2ccnc(-c3[c-]ccc4c3oc3cc5c(ccc6ccccc65)cc34)c2)cc1)C(C)(C)C.[Ir]. The zero-order valence-electron chi connectivity index (χ0n) is 37.4. The molecule has 3 heterocycles. The van der Waals surface area contributed by atoms with Crippen molar-refractivity contribution in [2.45, 2.75) is 40.8 Å². The molecular formula is C49H40IrN2O-2. The third-order valence-corrected chi connectivity index (χ3v) is 8.90. The molecule has 1 radical (unpaired) electrons. The van der Waals surface area contributed by atoms with Crippen LogP contribution < -0.4 is 0 Å². The van der Waals surface area contributed by atoms with Gasteiger partial charge in [-0.2, -0.15) is 0 Å². The Bertz CT molecular complexity index is 2950. The summed E-state index contributed by atoms with van der Waals surface area (Å²) in [4.78, 5) is 8.76. The number of benzene rings is 6. The summed E-state index contributed by atoms with van der Waals surface area (Å²) in [6.45, 7) is 1.44. The van der Waals surface area contributed by atoms with Crippen LogP contribution in [0.15, 0.2) is 144 Å². The smallest absolute Gasteiger partial charge is 0.121 e. The number of aryl methyl sites for hydroxylation is 2. The molecular weight excluding hydrogens is 825 g/mol. The number of furan rings is 1. The molecule has 0 saturated carbocycles. The van der Waals surface area contributed by atoms with Crippen LogP contribution >= 0.6 is 0 Å². The van der Waals surface area contributed by atoms with Crippen molar-refractivity contribution in [3.8, 4) is 33.6 Å². The van der Waals surface area contributed by atoms with E-state index in [9.17, 15) is 0 Å². The molecule has 0 fully saturated rings. The van der Waals surface area contributed by atoms with Crippen LogP contribution in [0.5, 0.6) is 0 Å². The molecule has 9 aromatic rings. The number of nitrogens with zero attached hydrogens (tertiary/aromatic N) is 2. The van der Waals surface area contributed by atoms with Gasteiger partial charge in [0.2, 0.25) is 0 Å². The van der Waals surface area contributed by atoms with E-state index in [1.165, 1.54) is 45.9 Å². The molecule has 0 aliphatic carbocycles. The summed E-state index contributed by atoms with van der Waals surface area (Å²) < 4.78 is 67.3. The molecule has 0 spiro atoms. The Morgan fingerprint density at radius 3 is 2.25 bits per heavy atom. The predicted molar refractivity (Wildman–Crippen MR) is 217 cm³/mol. The van der Waals surface area contributed by atoms with E-state index in [0.29, 0.717) is 16.8 Å². The molecule has 0 N–H and O–H groups in total. The Hall–Kier alpha value is -5.41. The van der Waals surface area contributed by atoms with Crippen LogP contribution in [0.3, 0.4) is 0 Å². The van der Waals surface area contributed by atoms with E-state index < -0.39 is 25.5 Å². The molecule has 3 nitrogen and oxygen atoms in total. The Labute approximate surface area is 336 Å². The van der Waals surface area contributed by atoms with E-state index in [-0.39, 0.29) is 31.2 Å². The zero-order valence-corrected chi connectivity index (χ0v) is 31.8. The summed E-state index contributed by atoms with van der Waals surface area (Å²) in [6.07, 6.45) is 1.68. The summed E-state index contributed by atoms with van der Waals surface area (Å²) >= 11 is 0. The van der Waals surface area contributed by atoms with Gasteiger partial charge in [0, 0.05) is 48.9 Å². The van der Waals surface area contributed by atoms with Gasteiger partial charge in [-0.15, -0.1) is 53.6 Å². The van der Waals surface area contributed by atoms with Gasteiger partial charge in [-0.1, -0.05) is 117 Å². The predicted octanol–water partition coefficient (Wildman–Crippen LogP) is 13.2. The Kier molecular flexibility index (Phi) is 7.66. The second-order valence-electron chi connectivity index (χ2n) is 13.9. The number of pyridine rings is 2. The van der Waals surface area contributed by atoms with Crippen molar-refractivity contribution in [1.29, 1.82) is 0 Å². The van der Waals surface area contributed by atoms with E-state index >= 15 is 0 Å². The van der Waals surface area contributed by atoms with Crippen molar-refractivity contribution in [1.82, 2.24) is 9.97 Å². The second-order valence-corrected chi connectivity index (χ2v) is 13.9. The molecule has 53 heavy (non-hydrogen) atoms. The maximum Gasteiger partial charge on any atom is 0.121 e. The zero-order chi connectivity index (χ0) is 42.6. The molecule has 0 atom stereocenters. The molecule has 0 saturated heterocycles. The number of hydrogen-bond acceptors (Lipinski definition) is 3. The van der Waals surface area contributed by atoms with Crippen LogP contribution in [0, 0.1) is 31.3 Å². The molecule has 6 aromatic carbocycles. The molecule has 0 aliphatic rings. The maximum atomic E-state index is 8.59. The number of fused-ring (bicyclic) bond motifs is 6. The topological polar surface area (TPSA) is 38.9 Å². The third-order valence-electron chi connectivity index (χ3n) is 8.90. The number of hydrogen-bond donors (Lipinski definition) is 0. The first-order valence-electron chi connectivity index (χ1n) is 21.1. The first kappa shape index (κ1) is 27.2. The van der Waals surface area contributed by atoms with E-state index in [1.54, 1.807) is 12.1 Å². The van der Waals surface area contributed by atoms with Crippen LogP contribution in [-0.4, -0.2) is 9.97 Å². The minimum atomic E-state index is -2.18. The first-order chi connectivity index (χ1) is 28.4. The van der Waals surface area contributed by atoms with Crippen LogP contribution in [-0.2, 0) is 26.5 Å². The van der Waals surface area contributed by atoms with Crippen molar-refractivity contribution < 1.29 is 35.5 Å². The van der Waals surface area contributed by atoms with Crippen molar-refractivity contribution in [3.63, 3.8) is 0 Å². The Morgan fingerprint density at radius 1 is 0.679 bits per heavy atom. The van der Waals surface area contributed by atoms with Gasteiger partial charge in [0.05, 0.1) is 5.58 Å². The van der Waals surface area contributed by atoms with Gasteiger partial charge in [0.15, 0.2) is 0 Å². The molecule has 3 aromatic heterocycles. The molecule has 0 amide bonds. The quantitative estimate of drug-likeness (QED) is 0.131. The summed E-state index contributed by atoms with van der Waals surface area (Å²) in [7, 11) is 0. The number of aromatic nitrogens is 2. The van der Waals surface area contributed by atoms with Crippen molar-refractivity contribution in [3.05, 3.63) is 169 Å². The van der Waals surface area contributed by atoms with Crippen LogP contribution in [0.1, 0.15) is 48.4 Å². The largest absolute Gasteiger partial charge is 0.501 e. The van der Waals surface area contributed by atoms with Crippen molar-refractivity contribution in [2.24, 2.45) is 5.41 Å². The van der Waals surface area contributed by atoms with Gasteiger partial charge in [0.25, 0.3) is 0 Å². The van der Waals surface area contributed by atoms with Crippen LogP contribution in [0.4, 0.5) is 0 Å². The normalized spacial score (nSPS) is 14.4. The third kappa shape index (κ3) is 7.71. The molecule has 263 valence electrons. The van der Waals surface area contributed by atoms with Crippen molar-refractivity contribution in [2.75, 3.05) is 0 Å². The van der Waals surface area contributed by atoms with Gasteiger partial charge in [-0.3, -0.25) is 0 Å². The van der Waals surface area contributed by atoms with Gasteiger partial charge in [-0.05, 0) is 92.0 Å². The van der Waals surface area contributed by atoms with Crippen LogP contribution in [0.25, 0.3) is 77.1 Å². The van der Waals surface area contributed by atoms with Crippen molar-refractivity contribution >= 4 is 43.5 Å². The molecule has 9 rings (SSSR count). The van der Waals surface area contributed by atoms with E-state index in [4.69, 9.17) is 15.4 Å². The van der Waals surface area contributed by atoms with Gasteiger partial charge in [0.1, 0.15) is 5.58 Å². The average Bonchev–Trinajstić information content (AvgIpc) is 3.60. The average molecular weight is 873 g/mol. The van der Waals surface area contributed by atoms with E-state index in [1.807, 2.05) is 63.4 Å². The molecule has 0 aliphatic heterocycles. The van der Waals surface area contributed by atoms with E-state index in [2.05, 4.69) is 82.8 Å². The van der Waals surface area contributed by atoms with Crippen LogP contribution in [0.2, 0.25) is 0 Å². The minimum Gasteiger partial charge on any atom is -0.501 e. The van der Waals surface area contributed by atoms with E-state index in [0.717, 1.165) is 44.3 Å². The minimum absolute atomic E-state index is 0. The Morgan fingerprint density at radius 2 is 1.49 bits per heavy atom. The van der Waals surface area contributed by atoms with Gasteiger partial charge < -0.3 is 14.4 Å². The summed E-state index contributed by atoms with van der Waals surface area (Å²) in [5, 5.41) is 6.90. The summed E-state index contributed by atoms with van der Waals surface area (Å²) in [6, 6.07) is 46.7. The standard InChI is InChI=1S/C36H28NO.C13H12N.Ir/c1-36(2,3)22-23-11-13-24(14-12-23)26-17-18-37-33(20-26)30-10-6-9-29-32-19-27-16-15-25-7-4-5-8-28(25)31(27)21-34(32)38-35(29)30;1-10-3-6-12(7-4-10)13-8-5-11(2)9-14-13;/h4-9,11-21H,22H2,1-3H3;3-6,8-9H,1-2H3;/q2*-1;/i22D2;1D3,2D3;. The van der Waals surface area contributed by atoms with Gasteiger partial charge >= 0.3 is 0 Å². The summed E-state index contributed by atoms with van der Waals surface area (Å²) in [5.41, 5.74) is 6.97. The fraction of sp³-hybridized carbons (Fsp3) is 0.143. The Balaban J connectivity index is 0.000000226. The summed E-state index contributed by atoms with van der Waals surface area (Å²) in [5.74, 6) is 0. The maximum absolute atomic E-state index is 8.59. The fourth-order valence-electron chi connectivity index (χ4n) is 6.50. The molecule has 0 bridgehead atoms. The molecule has 0 unspecified atom stereocenters. The molecule has 4 heteroatoms. The first-order valence-corrected chi connectivity index (χ1v) is 17.1.